The highest BCUT2D eigenvalue weighted by Gasteiger charge is 2.28. The third-order valence-electron chi connectivity index (χ3n) is 5.58. The molecule has 0 N–H and O–H groups in total. The van der Waals surface area contributed by atoms with Crippen molar-refractivity contribution in [2.75, 3.05) is 19.8 Å². The topological polar surface area (TPSA) is 6.48 Å². The fourth-order valence-electron chi connectivity index (χ4n) is 4.69. The molecule has 0 bridgehead atoms. The van der Waals surface area contributed by atoms with Gasteiger partial charge >= 0.3 is 0 Å². The van der Waals surface area contributed by atoms with Crippen LogP contribution in [0.25, 0.3) is 0 Å². The predicted octanol–water partition coefficient (Wildman–Crippen LogP) is 4.95. The lowest BCUT2D eigenvalue weighted by atomic mass is 9.89. The summed E-state index contributed by atoms with van der Waals surface area (Å²) in [6.45, 7) is 18.1. The van der Waals surface area contributed by atoms with Crippen LogP contribution in [-0.4, -0.2) is 29.6 Å². The predicted molar refractivity (Wildman–Crippen MR) is 103 cm³/mol. The molecule has 1 aromatic rings. The molecule has 0 saturated carbocycles. The Bertz CT molecular complexity index is 673. The maximum atomic E-state index is 2.61. The first-order valence-corrected chi connectivity index (χ1v) is 9.27. The van der Waals surface area contributed by atoms with Crippen molar-refractivity contribution in [1.29, 1.82) is 0 Å². The number of hydrogen-bond donors (Lipinski definition) is 0. The quantitative estimate of drug-likeness (QED) is 0.776. The van der Waals surface area contributed by atoms with Crippen molar-refractivity contribution in [3.63, 3.8) is 0 Å². The summed E-state index contributed by atoms with van der Waals surface area (Å²) in [7, 11) is 0. The van der Waals surface area contributed by atoms with E-state index in [1.54, 1.807) is 5.70 Å². The van der Waals surface area contributed by atoms with Gasteiger partial charge in [-0.15, -0.1) is 0 Å². The van der Waals surface area contributed by atoms with Gasteiger partial charge in [-0.1, -0.05) is 36.3 Å². The first-order chi connectivity index (χ1) is 11.3. The second kappa shape index (κ2) is 6.76. The molecule has 1 saturated heterocycles. The summed E-state index contributed by atoms with van der Waals surface area (Å²) in [4.78, 5) is 5.21. The first kappa shape index (κ1) is 17.3. The van der Waals surface area contributed by atoms with E-state index in [2.05, 4.69) is 69.6 Å². The minimum Gasteiger partial charge on any atom is -0.360 e. The summed E-state index contributed by atoms with van der Waals surface area (Å²) in [5.74, 6) is 0.651. The Hall–Kier alpha value is -1.54. The van der Waals surface area contributed by atoms with Crippen LogP contribution in [0, 0.1) is 26.7 Å². The van der Waals surface area contributed by atoms with Gasteiger partial charge in [0.1, 0.15) is 0 Å². The normalized spacial score (nSPS) is 22.3. The summed E-state index contributed by atoms with van der Waals surface area (Å²) in [5.41, 5.74) is 10.3. The molecule has 1 unspecified atom stereocenters. The summed E-state index contributed by atoms with van der Waals surface area (Å²) in [6, 6.07) is 4.64. The zero-order chi connectivity index (χ0) is 17.4. The molecular weight excluding hydrogens is 292 g/mol. The minimum atomic E-state index is 0.651. The summed E-state index contributed by atoms with van der Waals surface area (Å²) in [5, 5.41) is 0. The molecule has 1 aliphatic carbocycles. The van der Waals surface area contributed by atoms with Crippen molar-refractivity contribution in [3.8, 4) is 0 Å². The second-order valence-corrected chi connectivity index (χ2v) is 8.00. The van der Waals surface area contributed by atoms with Gasteiger partial charge in [0.25, 0.3) is 0 Å². The van der Waals surface area contributed by atoms with Crippen LogP contribution in [0.4, 0.5) is 0 Å². The minimum absolute atomic E-state index is 0.651. The van der Waals surface area contributed by atoms with Gasteiger partial charge in [-0.05, 0) is 63.3 Å². The van der Waals surface area contributed by atoms with Gasteiger partial charge in [-0.25, -0.2) is 0 Å². The van der Waals surface area contributed by atoms with Crippen LogP contribution in [0.3, 0.4) is 0 Å². The van der Waals surface area contributed by atoms with E-state index in [-0.39, 0.29) is 0 Å². The Balaban J connectivity index is 1.74. The average Bonchev–Trinajstić information content (AvgIpc) is 2.90. The Morgan fingerprint density at radius 2 is 1.67 bits per heavy atom. The Morgan fingerprint density at radius 3 is 2.29 bits per heavy atom. The highest BCUT2D eigenvalue weighted by atomic mass is 15.4. The SMILES string of the molecule is CC1=CC(C)=C(N2CCN(Cc3c(C)cc(C)cc3C)C2)C(C)C1. The Morgan fingerprint density at radius 1 is 1.00 bits per heavy atom. The lowest BCUT2D eigenvalue weighted by Crippen LogP contribution is -2.29. The number of allylic oxidation sites excluding steroid dienone is 4. The molecule has 0 radical (unpaired) electrons. The number of nitrogens with zero attached hydrogens (tertiary/aromatic N) is 2. The van der Waals surface area contributed by atoms with E-state index in [0.717, 1.165) is 19.8 Å². The molecule has 1 fully saturated rings. The Kier molecular flexibility index (Phi) is 4.87. The third kappa shape index (κ3) is 3.44. The van der Waals surface area contributed by atoms with E-state index in [4.69, 9.17) is 0 Å². The molecule has 130 valence electrons. The van der Waals surface area contributed by atoms with Gasteiger partial charge in [0, 0.05) is 31.2 Å². The lowest BCUT2D eigenvalue weighted by Gasteiger charge is -2.32. The Labute approximate surface area is 147 Å². The van der Waals surface area contributed by atoms with Crippen LogP contribution in [0.1, 0.15) is 49.4 Å². The van der Waals surface area contributed by atoms with E-state index in [0.29, 0.717) is 5.92 Å². The number of rotatable bonds is 3. The molecule has 1 atom stereocenters. The zero-order valence-corrected chi connectivity index (χ0v) is 16.2. The average molecular weight is 325 g/mol. The van der Waals surface area contributed by atoms with Gasteiger partial charge in [0.05, 0.1) is 6.67 Å². The molecule has 1 aliphatic heterocycles. The summed E-state index contributed by atoms with van der Waals surface area (Å²) >= 11 is 0. The van der Waals surface area contributed by atoms with Crippen molar-refractivity contribution >= 4 is 0 Å². The van der Waals surface area contributed by atoms with Crippen LogP contribution in [-0.2, 0) is 6.54 Å². The van der Waals surface area contributed by atoms with Crippen molar-refractivity contribution in [1.82, 2.24) is 9.80 Å². The molecule has 2 nitrogen and oxygen atoms in total. The van der Waals surface area contributed by atoms with Gasteiger partial charge in [-0.2, -0.15) is 0 Å². The fourth-order valence-corrected chi connectivity index (χ4v) is 4.69. The number of hydrogen-bond acceptors (Lipinski definition) is 2. The third-order valence-corrected chi connectivity index (χ3v) is 5.58. The first-order valence-electron chi connectivity index (χ1n) is 9.27. The molecule has 0 amide bonds. The van der Waals surface area contributed by atoms with Crippen molar-refractivity contribution in [3.05, 3.63) is 57.3 Å². The van der Waals surface area contributed by atoms with Crippen LogP contribution in [0.5, 0.6) is 0 Å². The molecule has 1 aromatic carbocycles. The van der Waals surface area contributed by atoms with Crippen molar-refractivity contribution in [2.45, 2.75) is 54.5 Å². The van der Waals surface area contributed by atoms with Gasteiger partial charge in [-0.3, -0.25) is 4.90 Å². The molecule has 0 aromatic heterocycles. The van der Waals surface area contributed by atoms with E-state index < -0.39 is 0 Å². The maximum Gasteiger partial charge on any atom is 0.0708 e. The lowest BCUT2D eigenvalue weighted by molar-refractivity contribution is 0.255. The molecule has 2 aliphatic rings. The molecule has 1 heterocycles. The van der Waals surface area contributed by atoms with Crippen LogP contribution in [0.2, 0.25) is 0 Å². The molecule has 2 heteroatoms. The molecule has 3 rings (SSSR count). The molecule has 0 spiro atoms. The van der Waals surface area contributed by atoms with Crippen LogP contribution < -0.4 is 0 Å². The highest BCUT2D eigenvalue weighted by molar-refractivity contribution is 5.37. The number of benzene rings is 1. The van der Waals surface area contributed by atoms with Gasteiger partial charge in [0.15, 0.2) is 0 Å². The standard InChI is InChI=1S/C22H32N2/c1-15-9-17(3)21(18(4)10-15)13-23-7-8-24(14-23)22-19(5)11-16(2)12-20(22)6/h9-11,20H,7-8,12-14H2,1-6H3. The number of aryl methyl sites for hydroxylation is 3. The van der Waals surface area contributed by atoms with E-state index >= 15 is 0 Å². The fraction of sp³-hybridized carbons (Fsp3) is 0.545. The highest BCUT2D eigenvalue weighted by Crippen LogP contribution is 2.33. The van der Waals surface area contributed by atoms with E-state index in [1.807, 2.05) is 0 Å². The van der Waals surface area contributed by atoms with Gasteiger partial charge in [0.2, 0.25) is 0 Å². The molecule has 24 heavy (non-hydrogen) atoms. The van der Waals surface area contributed by atoms with Gasteiger partial charge < -0.3 is 4.90 Å². The van der Waals surface area contributed by atoms with E-state index in [9.17, 15) is 0 Å². The smallest absolute Gasteiger partial charge is 0.0708 e. The summed E-state index contributed by atoms with van der Waals surface area (Å²) in [6.07, 6.45) is 3.59. The maximum absolute atomic E-state index is 2.61. The van der Waals surface area contributed by atoms with Crippen molar-refractivity contribution in [2.24, 2.45) is 5.92 Å². The zero-order valence-electron chi connectivity index (χ0n) is 16.2. The van der Waals surface area contributed by atoms with Crippen LogP contribution in [0.15, 0.2) is 35.1 Å². The van der Waals surface area contributed by atoms with E-state index in [1.165, 1.54) is 46.4 Å². The monoisotopic (exact) mass is 324 g/mol. The van der Waals surface area contributed by atoms with Crippen LogP contribution >= 0.6 is 0 Å². The largest absolute Gasteiger partial charge is 0.360 e. The van der Waals surface area contributed by atoms with Crippen molar-refractivity contribution < 1.29 is 0 Å². The second-order valence-electron chi connectivity index (χ2n) is 8.00. The molecular formula is C22H32N2. The summed E-state index contributed by atoms with van der Waals surface area (Å²) < 4.78 is 0.